The molecule has 0 atom stereocenters. The van der Waals surface area contributed by atoms with Gasteiger partial charge in [0.2, 0.25) is 5.89 Å². The topological polar surface area (TPSA) is 85.3 Å². The second-order valence-electron chi connectivity index (χ2n) is 5.63. The van der Waals surface area contributed by atoms with Gasteiger partial charge in [-0.2, -0.15) is 0 Å². The quantitative estimate of drug-likeness (QED) is 0.622. The fourth-order valence-corrected chi connectivity index (χ4v) is 2.50. The molecule has 1 amide bonds. The molecular weight excluding hydrogens is 318 g/mol. The zero-order chi connectivity index (χ0) is 17.4. The summed E-state index contributed by atoms with van der Waals surface area (Å²) in [5.74, 6) is 1.05. The van der Waals surface area contributed by atoms with Crippen LogP contribution in [0, 0.1) is 13.8 Å². The summed E-state index contributed by atoms with van der Waals surface area (Å²) in [6.07, 6.45) is 6.71. The zero-order valence-corrected chi connectivity index (χ0v) is 13.7. The molecule has 7 nitrogen and oxygen atoms in total. The van der Waals surface area contributed by atoms with Crippen molar-refractivity contribution >= 4 is 17.2 Å². The Morgan fingerprint density at radius 2 is 1.80 bits per heavy atom. The van der Waals surface area contributed by atoms with Crippen LogP contribution in [0.1, 0.15) is 21.9 Å². The molecule has 3 heterocycles. The van der Waals surface area contributed by atoms with E-state index in [1.165, 1.54) is 0 Å². The van der Waals surface area contributed by atoms with Gasteiger partial charge in [-0.15, -0.1) is 0 Å². The number of imidazole rings is 1. The van der Waals surface area contributed by atoms with Gasteiger partial charge >= 0.3 is 0 Å². The van der Waals surface area contributed by atoms with Crippen LogP contribution >= 0.6 is 0 Å². The average Bonchev–Trinajstić information content (AvgIpc) is 3.22. The summed E-state index contributed by atoms with van der Waals surface area (Å²) in [5, 5.41) is 2.83. The van der Waals surface area contributed by atoms with Gasteiger partial charge in [0.25, 0.3) is 5.91 Å². The molecule has 0 fully saturated rings. The molecular formula is C18H15N5O2. The van der Waals surface area contributed by atoms with Gasteiger partial charge in [0.15, 0.2) is 11.3 Å². The lowest BCUT2D eigenvalue weighted by molar-refractivity contribution is 0.102. The Kier molecular flexibility index (Phi) is 3.53. The number of amides is 1. The van der Waals surface area contributed by atoms with Crippen LogP contribution in [0.2, 0.25) is 0 Å². The van der Waals surface area contributed by atoms with E-state index in [2.05, 4.69) is 20.3 Å². The standard InChI is InChI=1S/C18H15N5O2/c1-11-12(2)25-18(21-11)13-3-5-14(6-4-13)22-17(24)15-16-20-8-10-23(16)9-7-19-15/h3-10H,1-2H3,(H,22,24). The van der Waals surface area contributed by atoms with E-state index in [0.29, 0.717) is 17.2 Å². The SMILES string of the molecule is Cc1nc(-c2ccc(NC(=O)c3nccn4ccnc34)cc2)oc1C. The maximum Gasteiger partial charge on any atom is 0.278 e. The maximum atomic E-state index is 12.5. The van der Waals surface area contributed by atoms with E-state index in [0.717, 1.165) is 17.0 Å². The Labute approximate surface area is 143 Å². The number of fused-ring (bicyclic) bond motifs is 1. The van der Waals surface area contributed by atoms with Crippen LogP contribution in [-0.4, -0.2) is 25.3 Å². The number of anilines is 1. The third kappa shape index (κ3) is 2.76. The molecule has 7 heteroatoms. The second-order valence-corrected chi connectivity index (χ2v) is 5.63. The summed E-state index contributed by atoms with van der Waals surface area (Å²) in [6.45, 7) is 3.78. The minimum Gasteiger partial charge on any atom is -0.441 e. The van der Waals surface area contributed by atoms with E-state index >= 15 is 0 Å². The van der Waals surface area contributed by atoms with Crippen molar-refractivity contribution in [3.8, 4) is 11.5 Å². The summed E-state index contributed by atoms with van der Waals surface area (Å²) < 4.78 is 7.36. The summed E-state index contributed by atoms with van der Waals surface area (Å²) in [7, 11) is 0. The van der Waals surface area contributed by atoms with Crippen LogP contribution in [-0.2, 0) is 0 Å². The summed E-state index contributed by atoms with van der Waals surface area (Å²) in [4.78, 5) is 25.1. The highest BCUT2D eigenvalue weighted by atomic mass is 16.4. The van der Waals surface area contributed by atoms with E-state index in [4.69, 9.17) is 4.42 Å². The molecule has 0 aliphatic heterocycles. The van der Waals surface area contributed by atoms with Gasteiger partial charge in [0.05, 0.1) is 5.69 Å². The van der Waals surface area contributed by atoms with E-state index < -0.39 is 0 Å². The summed E-state index contributed by atoms with van der Waals surface area (Å²) >= 11 is 0. The maximum absolute atomic E-state index is 12.5. The molecule has 0 saturated carbocycles. The minimum absolute atomic E-state index is 0.274. The van der Waals surface area contributed by atoms with Crippen molar-refractivity contribution in [2.75, 3.05) is 5.32 Å². The molecule has 1 N–H and O–H groups in total. The Bertz CT molecular complexity index is 1040. The summed E-state index contributed by atoms with van der Waals surface area (Å²) in [6, 6.07) is 7.30. The van der Waals surface area contributed by atoms with Crippen molar-refractivity contribution in [2.45, 2.75) is 13.8 Å². The fraction of sp³-hybridized carbons (Fsp3) is 0.111. The third-order valence-electron chi connectivity index (χ3n) is 3.94. The molecule has 0 radical (unpaired) electrons. The van der Waals surface area contributed by atoms with E-state index in [1.807, 2.05) is 26.0 Å². The van der Waals surface area contributed by atoms with Gasteiger partial charge < -0.3 is 14.1 Å². The van der Waals surface area contributed by atoms with Gasteiger partial charge in [-0.3, -0.25) is 4.79 Å². The van der Waals surface area contributed by atoms with Crippen LogP contribution in [0.15, 0.2) is 53.5 Å². The molecule has 4 rings (SSSR count). The lowest BCUT2D eigenvalue weighted by Crippen LogP contribution is -2.15. The van der Waals surface area contributed by atoms with Gasteiger partial charge in [0, 0.05) is 36.0 Å². The largest absolute Gasteiger partial charge is 0.441 e. The second kappa shape index (κ2) is 5.86. The van der Waals surface area contributed by atoms with Crippen molar-refractivity contribution in [1.82, 2.24) is 19.4 Å². The highest BCUT2D eigenvalue weighted by Gasteiger charge is 2.14. The Hall–Kier alpha value is -3.48. The summed E-state index contributed by atoms with van der Waals surface area (Å²) in [5.41, 5.74) is 3.16. The van der Waals surface area contributed by atoms with Crippen LogP contribution in [0.25, 0.3) is 17.1 Å². The molecule has 0 bridgehead atoms. The lowest BCUT2D eigenvalue weighted by Gasteiger charge is -2.06. The average molecular weight is 333 g/mol. The molecule has 25 heavy (non-hydrogen) atoms. The van der Waals surface area contributed by atoms with Gasteiger partial charge in [0.1, 0.15) is 5.76 Å². The first-order valence-electron chi connectivity index (χ1n) is 7.75. The molecule has 1 aromatic carbocycles. The number of aryl methyl sites for hydroxylation is 2. The van der Waals surface area contributed by atoms with E-state index in [1.54, 1.807) is 41.3 Å². The van der Waals surface area contributed by atoms with E-state index in [-0.39, 0.29) is 11.6 Å². The number of benzene rings is 1. The smallest absolute Gasteiger partial charge is 0.278 e. The Balaban J connectivity index is 1.57. The minimum atomic E-state index is -0.313. The predicted octanol–water partition coefficient (Wildman–Crippen LogP) is 3.25. The van der Waals surface area contributed by atoms with Crippen molar-refractivity contribution in [2.24, 2.45) is 0 Å². The van der Waals surface area contributed by atoms with Crippen molar-refractivity contribution in [1.29, 1.82) is 0 Å². The molecule has 4 aromatic rings. The van der Waals surface area contributed by atoms with E-state index in [9.17, 15) is 4.79 Å². The Morgan fingerprint density at radius 3 is 2.48 bits per heavy atom. The number of nitrogens with zero attached hydrogens (tertiary/aromatic N) is 4. The highest BCUT2D eigenvalue weighted by molar-refractivity contribution is 6.06. The number of hydrogen-bond acceptors (Lipinski definition) is 5. The highest BCUT2D eigenvalue weighted by Crippen LogP contribution is 2.23. The molecule has 0 spiro atoms. The molecule has 124 valence electrons. The number of nitrogens with one attached hydrogen (secondary N) is 1. The van der Waals surface area contributed by atoms with Gasteiger partial charge in [-0.05, 0) is 38.1 Å². The van der Waals surface area contributed by atoms with Crippen LogP contribution in [0.4, 0.5) is 5.69 Å². The monoisotopic (exact) mass is 333 g/mol. The van der Waals surface area contributed by atoms with Crippen LogP contribution < -0.4 is 5.32 Å². The van der Waals surface area contributed by atoms with Crippen molar-refractivity contribution in [3.05, 3.63) is 66.2 Å². The number of carbonyl (C=O) groups excluding carboxylic acids is 1. The van der Waals surface area contributed by atoms with Gasteiger partial charge in [-0.1, -0.05) is 0 Å². The zero-order valence-electron chi connectivity index (χ0n) is 13.7. The molecule has 0 unspecified atom stereocenters. The number of rotatable bonds is 3. The predicted molar refractivity (Wildman–Crippen MR) is 92.4 cm³/mol. The first-order valence-corrected chi connectivity index (χ1v) is 7.75. The normalized spacial score (nSPS) is 11.0. The van der Waals surface area contributed by atoms with Crippen LogP contribution in [0.3, 0.4) is 0 Å². The molecule has 0 aliphatic carbocycles. The molecule has 0 aliphatic rings. The fourth-order valence-electron chi connectivity index (χ4n) is 2.50. The van der Waals surface area contributed by atoms with Crippen molar-refractivity contribution in [3.63, 3.8) is 0 Å². The number of aromatic nitrogens is 4. The first-order chi connectivity index (χ1) is 12.1. The first kappa shape index (κ1) is 15.1. The third-order valence-corrected chi connectivity index (χ3v) is 3.94. The van der Waals surface area contributed by atoms with Gasteiger partial charge in [-0.25, -0.2) is 15.0 Å². The van der Waals surface area contributed by atoms with Crippen LogP contribution in [0.5, 0.6) is 0 Å². The lowest BCUT2D eigenvalue weighted by atomic mass is 10.2. The Morgan fingerprint density at radius 1 is 1.08 bits per heavy atom. The number of carbonyl (C=O) groups is 1. The van der Waals surface area contributed by atoms with Crippen molar-refractivity contribution < 1.29 is 9.21 Å². The molecule has 0 saturated heterocycles. The number of hydrogen-bond donors (Lipinski definition) is 1. The molecule has 3 aromatic heterocycles. The number of oxazole rings is 1.